The van der Waals surface area contributed by atoms with Crippen LogP contribution in [-0.4, -0.2) is 24.7 Å². The zero-order valence-corrected chi connectivity index (χ0v) is 14.6. The van der Waals surface area contributed by atoms with Crippen molar-refractivity contribution in [2.24, 2.45) is 0 Å². The lowest BCUT2D eigenvalue weighted by atomic mass is 10.1. The Bertz CT molecular complexity index is 720. The van der Waals surface area contributed by atoms with Crippen LogP contribution < -0.4 is 10.2 Å². The van der Waals surface area contributed by atoms with E-state index in [2.05, 4.69) is 23.2 Å². The van der Waals surface area contributed by atoms with Gasteiger partial charge >= 0.3 is 0 Å². The highest BCUT2D eigenvalue weighted by molar-refractivity contribution is 7.99. The summed E-state index contributed by atoms with van der Waals surface area (Å²) < 4.78 is 0. The number of thioether (sulfide) groups is 1. The van der Waals surface area contributed by atoms with Gasteiger partial charge in [-0.15, -0.1) is 11.8 Å². The maximum Gasteiger partial charge on any atom is 0.251 e. The summed E-state index contributed by atoms with van der Waals surface area (Å²) in [7, 11) is 0. The number of halogens is 1. The molecule has 1 heterocycles. The maximum absolute atomic E-state index is 12.4. The molecule has 0 saturated heterocycles. The molecular weight excluding hydrogens is 328 g/mol. The number of rotatable bonds is 4. The number of fused-ring (bicyclic) bond motifs is 1. The van der Waals surface area contributed by atoms with Crippen molar-refractivity contribution < 1.29 is 4.79 Å². The fourth-order valence-corrected chi connectivity index (χ4v) is 3.92. The van der Waals surface area contributed by atoms with Crippen LogP contribution in [0.3, 0.4) is 0 Å². The molecule has 0 unspecified atom stereocenters. The lowest BCUT2D eigenvalue weighted by Crippen LogP contribution is -2.29. The molecule has 0 bridgehead atoms. The highest BCUT2D eigenvalue weighted by Gasteiger charge is 2.18. The van der Waals surface area contributed by atoms with Gasteiger partial charge in [0, 0.05) is 40.9 Å². The van der Waals surface area contributed by atoms with E-state index in [4.69, 9.17) is 11.6 Å². The fourth-order valence-electron chi connectivity index (χ4n) is 2.67. The predicted octanol–water partition coefficient (Wildman–Crippen LogP) is 4.20. The van der Waals surface area contributed by atoms with Gasteiger partial charge < -0.3 is 10.2 Å². The number of amides is 1. The average Bonchev–Trinajstić information content (AvgIpc) is 2.58. The van der Waals surface area contributed by atoms with Crippen LogP contribution >= 0.6 is 23.4 Å². The number of carbonyl (C=O) groups excluding carboxylic acids is 1. The molecule has 0 spiro atoms. The molecule has 0 radical (unpaired) electrons. The summed E-state index contributed by atoms with van der Waals surface area (Å²) in [6, 6.07) is 13.5. The van der Waals surface area contributed by atoms with Gasteiger partial charge in [0.1, 0.15) is 0 Å². The zero-order chi connectivity index (χ0) is 16.2. The third-order valence-electron chi connectivity index (χ3n) is 3.90. The molecule has 23 heavy (non-hydrogen) atoms. The molecule has 0 fully saturated rings. The highest BCUT2D eigenvalue weighted by Crippen LogP contribution is 2.35. The number of carbonyl (C=O) groups is 1. The molecule has 2 aromatic rings. The Morgan fingerprint density at radius 1 is 1.30 bits per heavy atom. The predicted molar refractivity (Wildman–Crippen MR) is 97.7 cm³/mol. The Morgan fingerprint density at radius 3 is 2.96 bits per heavy atom. The van der Waals surface area contributed by atoms with Crippen molar-refractivity contribution in [1.82, 2.24) is 5.32 Å². The topological polar surface area (TPSA) is 32.3 Å². The molecule has 1 amide bonds. The van der Waals surface area contributed by atoms with Crippen LogP contribution in [0, 0.1) is 0 Å². The van der Waals surface area contributed by atoms with Crippen molar-refractivity contribution in [3.8, 4) is 0 Å². The second-order valence-corrected chi connectivity index (χ2v) is 7.00. The smallest absolute Gasteiger partial charge is 0.251 e. The molecule has 5 heteroatoms. The quantitative estimate of drug-likeness (QED) is 0.900. The van der Waals surface area contributed by atoms with Gasteiger partial charge in [-0.2, -0.15) is 0 Å². The molecule has 0 aromatic heterocycles. The van der Waals surface area contributed by atoms with Crippen LogP contribution in [0.1, 0.15) is 22.8 Å². The first kappa shape index (κ1) is 16.2. The number of hydrogen-bond donors (Lipinski definition) is 1. The van der Waals surface area contributed by atoms with Crippen LogP contribution in [0.4, 0.5) is 5.69 Å². The second-order valence-electron chi connectivity index (χ2n) is 5.42. The number of benzene rings is 2. The third kappa shape index (κ3) is 3.82. The Labute approximate surface area is 146 Å². The number of hydrogen-bond acceptors (Lipinski definition) is 3. The molecule has 0 atom stereocenters. The summed E-state index contributed by atoms with van der Waals surface area (Å²) in [6.07, 6.45) is 0. The minimum atomic E-state index is -0.0561. The van der Waals surface area contributed by atoms with Gasteiger partial charge in [0.25, 0.3) is 5.91 Å². The largest absolute Gasteiger partial charge is 0.370 e. The van der Waals surface area contributed by atoms with Crippen molar-refractivity contribution in [3.05, 3.63) is 58.6 Å². The normalized spacial score (nSPS) is 13.6. The number of nitrogens with zero attached hydrogens (tertiary/aromatic N) is 1. The van der Waals surface area contributed by atoms with Crippen molar-refractivity contribution >= 4 is 35.0 Å². The van der Waals surface area contributed by atoms with Gasteiger partial charge in [0.15, 0.2) is 0 Å². The van der Waals surface area contributed by atoms with E-state index in [0.717, 1.165) is 24.4 Å². The molecule has 1 N–H and O–H groups in total. The fraction of sp³-hybridized carbons (Fsp3) is 0.278. The van der Waals surface area contributed by atoms with E-state index >= 15 is 0 Å². The van der Waals surface area contributed by atoms with E-state index in [1.807, 2.05) is 48.2 Å². The van der Waals surface area contributed by atoms with E-state index in [1.165, 1.54) is 10.6 Å². The monoisotopic (exact) mass is 346 g/mol. The third-order valence-corrected chi connectivity index (χ3v) is 5.18. The Hall–Kier alpha value is -1.65. The molecular formula is C18H19ClN2OS. The van der Waals surface area contributed by atoms with Crippen molar-refractivity contribution in [2.45, 2.75) is 18.4 Å². The van der Waals surface area contributed by atoms with Gasteiger partial charge in [-0.3, -0.25) is 4.79 Å². The van der Waals surface area contributed by atoms with Gasteiger partial charge in [0.05, 0.1) is 5.69 Å². The molecule has 1 aliphatic rings. The second kappa shape index (κ2) is 7.28. The standard InChI is InChI=1S/C18H19ClN2OS/c1-2-21-8-9-23-17-7-6-14(11-16(17)21)18(22)20-12-13-4-3-5-15(19)10-13/h3-7,10-11H,2,8-9,12H2,1H3,(H,20,22). The molecule has 120 valence electrons. The SMILES string of the molecule is CCN1CCSc2ccc(C(=O)NCc3cccc(Cl)c3)cc21. The van der Waals surface area contributed by atoms with Gasteiger partial charge in [-0.05, 0) is 42.8 Å². The van der Waals surface area contributed by atoms with Crippen LogP contribution in [-0.2, 0) is 6.54 Å². The van der Waals surface area contributed by atoms with Gasteiger partial charge in [-0.1, -0.05) is 23.7 Å². The van der Waals surface area contributed by atoms with Crippen LogP contribution in [0.5, 0.6) is 0 Å². The first-order valence-corrected chi connectivity index (χ1v) is 9.08. The van der Waals surface area contributed by atoms with E-state index in [-0.39, 0.29) is 5.91 Å². The minimum absolute atomic E-state index is 0.0561. The van der Waals surface area contributed by atoms with Crippen molar-refractivity contribution in [1.29, 1.82) is 0 Å². The summed E-state index contributed by atoms with van der Waals surface area (Å²) in [5.74, 6) is 1.04. The van der Waals surface area contributed by atoms with Crippen LogP contribution in [0.15, 0.2) is 47.4 Å². The first-order chi connectivity index (χ1) is 11.2. The molecule has 2 aromatic carbocycles. The van der Waals surface area contributed by atoms with Crippen molar-refractivity contribution in [2.75, 3.05) is 23.7 Å². The Balaban J connectivity index is 1.72. The summed E-state index contributed by atoms with van der Waals surface area (Å²) in [6.45, 7) is 4.61. The Morgan fingerprint density at radius 2 is 2.17 bits per heavy atom. The summed E-state index contributed by atoms with van der Waals surface area (Å²) in [5.41, 5.74) is 2.86. The first-order valence-electron chi connectivity index (χ1n) is 7.72. The average molecular weight is 347 g/mol. The van der Waals surface area contributed by atoms with Crippen molar-refractivity contribution in [3.63, 3.8) is 0 Å². The lowest BCUT2D eigenvalue weighted by Gasteiger charge is -2.30. The molecule has 0 aliphatic carbocycles. The maximum atomic E-state index is 12.4. The summed E-state index contributed by atoms with van der Waals surface area (Å²) in [5, 5.41) is 3.64. The summed E-state index contributed by atoms with van der Waals surface area (Å²) >= 11 is 7.82. The van der Waals surface area contributed by atoms with Crippen LogP contribution in [0.25, 0.3) is 0 Å². The summed E-state index contributed by atoms with van der Waals surface area (Å²) in [4.78, 5) is 16.0. The molecule has 0 saturated carbocycles. The van der Waals surface area contributed by atoms with E-state index in [0.29, 0.717) is 17.1 Å². The minimum Gasteiger partial charge on any atom is -0.370 e. The molecule has 3 nitrogen and oxygen atoms in total. The van der Waals surface area contributed by atoms with Crippen LogP contribution in [0.2, 0.25) is 5.02 Å². The molecule has 1 aliphatic heterocycles. The molecule has 3 rings (SSSR count). The highest BCUT2D eigenvalue weighted by atomic mass is 35.5. The zero-order valence-electron chi connectivity index (χ0n) is 13.0. The number of nitrogens with one attached hydrogen (secondary N) is 1. The number of anilines is 1. The van der Waals surface area contributed by atoms with E-state index in [1.54, 1.807) is 0 Å². The van der Waals surface area contributed by atoms with E-state index in [9.17, 15) is 4.79 Å². The van der Waals surface area contributed by atoms with Gasteiger partial charge in [-0.25, -0.2) is 0 Å². The Kier molecular flexibility index (Phi) is 5.13. The van der Waals surface area contributed by atoms with Gasteiger partial charge in [0.2, 0.25) is 0 Å². The van der Waals surface area contributed by atoms with E-state index < -0.39 is 0 Å². The lowest BCUT2D eigenvalue weighted by molar-refractivity contribution is 0.0951.